The van der Waals surface area contributed by atoms with Crippen LogP contribution in [0, 0.1) is 12.8 Å². The number of rotatable bonds is 6. The van der Waals surface area contributed by atoms with Crippen molar-refractivity contribution in [3.63, 3.8) is 0 Å². The van der Waals surface area contributed by atoms with E-state index < -0.39 is 0 Å². The van der Waals surface area contributed by atoms with Crippen LogP contribution in [0.1, 0.15) is 37.7 Å². The first-order valence-electron chi connectivity index (χ1n) is 7.93. The Morgan fingerprint density at radius 2 is 2.00 bits per heavy atom. The molecule has 23 heavy (non-hydrogen) atoms. The maximum absolute atomic E-state index is 12.0. The fourth-order valence-electron chi connectivity index (χ4n) is 2.77. The van der Waals surface area contributed by atoms with Gasteiger partial charge < -0.3 is 15.4 Å². The van der Waals surface area contributed by atoms with E-state index in [9.17, 15) is 9.59 Å². The molecule has 1 aromatic rings. The highest BCUT2D eigenvalue weighted by Gasteiger charge is 2.22. The number of methoxy groups -OCH3 is 1. The van der Waals surface area contributed by atoms with Crippen molar-refractivity contribution < 1.29 is 14.3 Å². The predicted molar refractivity (Wildman–Crippen MR) is 91.0 cm³/mol. The smallest absolute Gasteiger partial charge is 0.226 e. The normalized spacial score (nSPS) is 14.6. The summed E-state index contributed by atoms with van der Waals surface area (Å²) in [6, 6.07) is 3.45. The Labute approximate surface area is 141 Å². The number of anilines is 1. The fourth-order valence-corrected chi connectivity index (χ4v) is 2.93. The van der Waals surface area contributed by atoms with E-state index in [2.05, 4.69) is 10.6 Å². The minimum atomic E-state index is -0.170. The number of carbonyl (C=O) groups is 2. The van der Waals surface area contributed by atoms with Crippen molar-refractivity contribution in [3.8, 4) is 5.75 Å². The number of halogens is 1. The van der Waals surface area contributed by atoms with E-state index in [0.717, 1.165) is 31.2 Å². The molecule has 2 amide bonds. The van der Waals surface area contributed by atoms with Gasteiger partial charge in [0.2, 0.25) is 11.8 Å². The van der Waals surface area contributed by atoms with E-state index in [1.165, 1.54) is 7.11 Å². The maximum atomic E-state index is 12.0. The minimum absolute atomic E-state index is 0.0650. The number of nitrogens with one attached hydrogen (secondary N) is 2. The van der Waals surface area contributed by atoms with Crippen molar-refractivity contribution in [3.05, 3.63) is 22.7 Å². The van der Waals surface area contributed by atoms with Gasteiger partial charge >= 0.3 is 0 Å². The Bertz CT molecular complexity index is 583. The number of ether oxygens (including phenoxy) is 1. The molecule has 1 saturated carbocycles. The van der Waals surface area contributed by atoms with E-state index >= 15 is 0 Å². The highest BCUT2D eigenvalue weighted by Crippen LogP contribution is 2.31. The largest absolute Gasteiger partial charge is 0.495 e. The molecule has 0 saturated heterocycles. The molecule has 5 nitrogen and oxygen atoms in total. The SMILES string of the molecule is COc1cc(Cl)c(C)cc1NC(=O)CCNC(=O)C1CCCC1. The highest BCUT2D eigenvalue weighted by atomic mass is 35.5. The van der Waals surface area contributed by atoms with Gasteiger partial charge in [0.15, 0.2) is 0 Å². The van der Waals surface area contributed by atoms with Gasteiger partial charge in [-0.3, -0.25) is 9.59 Å². The van der Waals surface area contributed by atoms with Crippen molar-refractivity contribution in [2.75, 3.05) is 19.0 Å². The van der Waals surface area contributed by atoms with Gasteiger partial charge in [-0.25, -0.2) is 0 Å². The lowest BCUT2D eigenvalue weighted by Gasteiger charge is -2.13. The van der Waals surface area contributed by atoms with Gasteiger partial charge in [0.05, 0.1) is 12.8 Å². The molecule has 2 N–H and O–H groups in total. The summed E-state index contributed by atoms with van der Waals surface area (Å²) < 4.78 is 5.22. The van der Waals surface area contributed by atoms with Crippen LogP contribution in [0.2, 0.25) is 5.02 Å². The third-order valence-corrected chi connectivity index (χ3v) is 4.54. The first-order chi connectivity index (χ1) is 11.0. The average molecular weight is 339 g/mol. The molecular formula is C17H23ClN2O3. The van der Waals surface area contributed by atoms with Crippen LogP contribution < -0.4 is 15.4 Å². The Morgan fingerprint density at radius 3 is 2.65 bits per heavy atom. The number of hydrogen-bond acceptors (Lipinski definition) is 3. The lowest BCUT2D eigenvalue weighted by molar-refractivity contribution is -0.124. The molecule has 0 spiro atoms. The minimum Gasteiger partial charge on any atom is -0.495 e. The molecule has 0 bridgehead atoms. The predicted octanol–water partition coefficient (Wildman–Crippen LogP) is 3.29. The Balaban J connectivity index is 1.82. The summed E-state index contributed by atoms with van der Waals surface area (Å²) in [5.41, 5.74) is 1.44. The van der Waals surface area contributed by atoms with Crippen LogP contribution in [0.5, 0.6) is 5.75 Å². The third-order valence-electron chi connectivity index (χ3n) is 4.13. The van der Waals surface area contributed by atoms with Crippen molar-refractivity contribution in [2.45, 2.75) is 39.0 Å². The quantitative estimate of drug-likeness (QED) is 0.836. The van der Waals surface area contributed by atoms with Gasteiger partial charge in [0, 0.05) is 30.0 Å². The summed E-state index contributed by atoms with van der Waals surface area (Å²) in [7, 11) is 1.53. The zero-order chi connectivity index (χ0) is 16.8. The van der Waals surface area contributed by atoms with Crippen molar-refractivity contribution in [1.29, 1.82) is 0 Å². The van der Waals surface area contributed by atoms with Gasteiger partial charge in [0.25, 0.3) is 0 Å². The first kappa shape index (κ1) is 17.6. The molecular weight excluding hydrogens is 316 g/mol. The molecule has 6 heteroatoms. The van der Waals surface area contributed by atoms with Crippen molar-refractivity contribution >= 4 is 29.1 Å². The number of amides is 2. The molecule has 2 rings (SSSR count). The highest BCUT2D eigenvalue weighted by molar-refractivity contribution is 6.31. The number of aryl methyl sites for hydroxylation is 1. The number of benzene rings is 1. The zero-order valence-corrected chi connectivity index (χ0v) is 14.3. The molecule has 0 unspecified atom stereocenters. The Hall–Kier alpha value is -1.75. The van der Waals surface area contributed by atoms with Gasteiger partial charge in [-0.2, -0.15) is 0 Å². The van der Waals surface area contributed by atoms with E-state index in [1.807, 2.05) is 6.92 Å². The molecule has 0 heterocycles. The lowest BCUT2D eigenvalue weighted by Crippen LogP contribution is -2.32. The Kier molecular flexibility index (Phi) is 6.28. The topological polar surface area (TPSA) is 67.4 Å². The van der Waals surface area contributed by atoms with E-state index in [-0.39, 0.29) is 24.2 Å². The Morgan fingerprint density at radius 1 is 1.30 bits per heavy atom. The average Bonchev–Trinajstić information content (AvgIpc) is 3.05. The second-order valence-corrected chi connectivity index (χ2v) is 6.28. The lowest BCUT2D eigenvalue weighted by atomic mass is 10.1. The third kappa shape index (κ3) is 4.86. The van der Waals surface area contributed by atoms with Crippen LogP contribution >= 0.6 is 11.6 Å². The molecule has 0 aliphatic heterocycles. The maximum Gasteiger partial charge on any atom is 0.226 e. The van der Waals surface area contributed by atoms with E-state index in [0.29, 0.717) is 23.0 Å². The summed E-state index contributed by atoms with van der Waals surface area (Å²) in [5.74, 6) is 0.535. The monoisotopic (exact) mass is 338 g/mol. The van der Waals surface area contributed by atoms with E-state index in [1.54, 1.807) is 12.1 Å². The molecule has 1 aromatic carbocycles. The number of carbonyl (C=O) groups excluding carboxylic acids is 2. The summed E-state index contributed by atoms with van der Waals surface area (Å²) in [6.07, 6.45) is 4.38. The summed E-state index contributed by atoms with van der Waals surface area (Å²) >= 11 is 6.04. The molecule has 1 aliphatic carbocycles. The zero-order valence-electron chi connectivity index (χ0n) is 13.6. The molecule has 0 atom stereocenters. The van der Waals surface area contributed by atoms with Crippen molar-refractivity contribution in [1.82, 2.24) is 5.32 Å². The van der Waals surface area contributed by atoms with Crippen LogP contribution in [0.15, 0.2) is 12.1 Å². The van der Waals surface area contributed by atoms with Crippen molar-refractivity contribution in [2.24, 2.45) is 5.92 Å². The molecule has 1 fully saturated rings. The van der Waals surface area contributed by atoms with Crippen LogP contribution in [0.4, 0.5) is 5.69 Å². The molecule has 126 valence electrons. The summed E-state index contributed by atoms with van der Waals surface area (Å²) in [6.45, 7) is 2.20. The molecule has 0 aromatic heterocycles. The van der Waals surface area contributed by atoms with Crippen LogP contribution in [-0.4, -0.2) is 25.5 Å². The molecule has 0 radical (unpaired) electrons. The van der Waals surface area contributed by atoms with Gasteiger partial charge in [-0.1, -0.05) is 24.4 Å². The second-order valence-electron chi connectivity index (χ2n) is 5.87. The van der Waals surface area contributed by atoms with Crippen LogP contribution in [0.25, 0.3) is 0 Å². The number of hydrogen-bond donors (Lipinski definition) is 2. The second kappa shape index (κ2) is 8.20. The van der Waals surface area contributed by atoms with Gasteiger partial charge in [0.1, 0.15) is 5.75 Å². The fraction of sp³-hybridized carbons (Fsp3) is 0.529. The standard InChI is InChI=1S/C17H23ClN2O3/c1-11-9-14(15(23-2)10-13(11)18)20-16(21)7-8-19-17(22)12-5-3-4-6-12/h9-10,12H,3-8H2,1-2H3,(H,19,22)(H,20,21). The first-order valence-corrected chi connectivity index (χ1v) is 8.30. The molecule has 1 aliphatic rings. The summed E-state index contributed by atoms with van der Waals surface area (Å²) in [5, 5.41) is 6.22. The van der Waals surface area contributed by atoms with Gasteiger partial charge in [-0.15, -0.1) is 0 Å². The summed E-state index contributed by atoms with van der Waals surface area (Å²) in [4.78, 5) is 23.9. The van der Waals surface area contributed by atoms with Gasteiger partial charge in [-0.05, 0) is 31.4 Å². The van der Waals surface area contributed by atoms with Crippen LogP contribution in [-0.2, 0) is 9.59 Å². The van der Waals surface area contributed by atoms with E-state index in [4.69, 9.17) is 16.3 Å². The van der Waals surface area contributed by atoms with Crippen LogP contribution in [0.3, 0.4) is 0 Å².